The van der Waals surface area contributed by atoms with Gasteiger partial charge in [0.15, 0.2) is 0 Å². The second-order valence-corrected chi connectivity index (χ2v) is 7.61. The molecule has 1 aliphatic heterocycles. The highest BCUT2D eigenvalue weighted by Crippen LogP contribution is 2.37. The highest BCUT2D eigenvalue weighted by atomic mass is 16.3. The molecule has 4 N–H and O–H groups in total. The van der Waals surface area contributed by atoms with Gasteiger partial charge in [-0.1, -0.05) is 38.3 Å². The van der Waals surface area contributed by atoms with E-state index in [-0.39, 0.29) is 11.6 Å². The maximum absolute atomic E-state index is 10.6. The number of hydrogen-bond donors (Lipinski definition) is 3. The van der Waals surface area contributed by atoms with Crippen LogP contribution in [0.2, 0.25) is 0 Å². The van der Waals surface area contributed by atoms with Crippen molar-refractivity contribution in [1.29, 1.82) is 5.26 Å². The number of hydrogen-bond acceptors (Lipinski definition) is 5. The van der Waals surface area contributed by atoms with Crippen molar-refractivity contribution in [1.82, 2.24) is 10.3 Å². The quantitative estimate of drug-likeness (QED) is 0.617. The Labute approximate surface area is 167 Å². The maximum Gasteiger partial charge on any atom is 0.142 e. The first kappa shape index (κ1) is 20.2. The van der Waals surface area contributed by atoms with Crippen molar-refractivity contribution in [2.45, 2.75) is 57.8 Å². The van der Waals surface area contributed by atoms with Crippen molar-refractivity contribution in [2.75, 3.05) is 18.8 Å². The summed E-state index contributed by atoms with van der Waals surface area (Å²) in [6.07, 6.45) is 7.51. The molecule has 0 aliphatic carbocycles. The Bertz CT molecular complexity index is 850. The number of nitriles is 1. The van der Waals surface area contributed by atoms with Gasteiger partial charge in [-0.2, -0.15) is 5.26 Å². The molecule has 2 heterocycles. The number of nitrogen functional groups attached to an aromatic ring is 1. The molecular weight excluding hydrogens is 348 g/mol. The molecule has 5 heteroatoms. The van der Waals surface area contributed by atoms with Crippen molar-refractivity contribution >= 4 is 5.82 Å². The van der Waals surface area contributed by atoms with Crippen LogP contribution in [0.15, 0.2) is 24.3 Å². The van der Waals surface area contributed by atoms with Crippen molar-refractivity contribution in [3.05, 3.63) is 41.0 Å². The van der Waals surface area contributed by atoms with Gasteiger partial charge >= 0.3 is 0 Å². The van der Waals surface area contributed by atoms with E-state index in [9.17, 15) is 10.4 Å². The zero-order valence-electron chi connectivity index (χ0n) is 16.7. The lowest BCUT2D eigenvalue weighted by molar-refractivity contribution is 0.459. The summed E-state index contributed by atoms with van der Waals surface area (Å²) in [6, 6.07) is 9.87. The molecule has 28 heavy (non-hydrogen) atoms. The predicted octanol–water partition coefficient (Wildman–Crippen LogP) is 4.50. The molecule has 0 unspecified atom stereocenters. The Balaban J connectivity index is 2.01. The Morgan fingerprint density at radius 3 is 2.75 bits per heavy atom. The van der Waals surface area contributed by atoms with Crippen LogP contribution in [0.1, 0.15) is 68.1 Å². The number of rotatable bonds is 7. The summed E-state index contributed by atoms with van der Waals surface area (Å²) < 4.78 is 0. The summed E-state index contributed by atoms with van der Waals surface area (Å²) in [5.41, 5.74) is 10.1. The number of nitrogens with zero attached hydrogens (tertiary/aromatic N) is 2. The lowest BCUT2D eigenvalue weighted by Crippen LogP contribution is -2.27. The van der Waals surface area contributed by atoms with Crippen LogP contribution in [-0.4, -0.2) is 23.2 Å². The second-order valence-electron chi connectivity index (χ2n) is 7.61. The summed E-state index contributed by atoms with van der Waals surface area (Å²) in [6.45, 7) is 4.07. The highest BCUT2D eigenvalue weighted by molar-refractivity contribution is 5.74. The van der Waals surface area contributed by atoms with Crippen LogP contribution in [0.3, 0.4) is 0 Å². The topological polar surface area (TPSA) is 95.0 Å². The number of aromatic hydroxyl groups is 1. The normalized spacial score (nSPS) is 14.7. The summed E-state index contributed by atoms with van der Waals surface area (Å²) in [5.74, 6) is 0.772. The zero-order valence-corrected chi connectivity index (χ0v) is 16.7. The molecule has 1 aliphatic rings. The molecule has 5 nitrogen and oxygen atoms in total. The van der Waals surface area contributed by atoms with E-state index in [1.54, 1.807) is 6.07 Å². The van der Waals surface area contributed by atoms with E-state index < -0.39 is 0 Å². The minimum atomic E-state index is 0.223. The van der Waals surface area contributed by atoms with E-state index in [0.29, 0.717) is 17.2 Å². The SMILES string of the molecule is CCCCCCc1cccc(O)c1-c1cc(C2CCNCC2)c(C#N)c(N)n1. The number of unbranched alkanes of at least 4 members (excludes halogenated alkanes) is 3. The summed E-state index contributed by atoms with van der Waals surface area (Å²) in [4.78, 5) is 4.52. The number of nitrogens with one attached hydrogen (secondary N) is 1. The smallest absolute Gasteiger partial charge is 0.142 e. The molecule has 1 fully saturated rings. The van der Waals surface area contributed by atoms with Crippen LogP contribution in [0.5, 0.6) is 5.75 Å². The van der Waals surface area contributed by atoms with Crippen molar-refractivity contribution in [3.8, 4) is 23.1 Å². The standard InChI is InChI=1S/C23H30N4O/c1-2-3-4-5-7-17-8-6-9-21(28)22(17)20-14-18(16-10-12-26-13-11-16)19(15-24)23(25)27-20/h6,8-9,14,16,26,28H,2-5,7,10-13H2,1H3,(H2,25,27). The van der Waals surface area contributed by atoms with Gasteiger partial charge in [-0.15, -0.1) is 0 Å². The third-order valence-corrected chi connectivity index (χ3v) is 5.65. The van der Waals surface area contributed by atoms with Gasteiger partial charge in [0, 0.05) is 5.56 Å². The molecular formula is C23H30N4O. The Kier molecular flexibility index (Phi) is 6.89. The Morgan fingerprint density at radius 1 is 1.25 bits per heavy atom. The van der Waals surface area contributed by atoms with Crippen molar-refractivity contribution in [3.63, 3.8) is 0 Å². The minimum Gasteiger partial charge on any atom is -0.507 e. The fourth-order valence-electron chi connectivity index (χ4n) is 4.12. The minimum absolute atomic E-state index is 0.223. The number of aromatic nitrogens is 1. The maximum atomic E-state index is 10.6. The Hall–Kier alpha value is -2.58. The van der Waals surface area contributed by atoms with Crippen LogP contribution in [0.25, 0.3) is 11.3 Å². The molecule has 3 rings (SSSR count). The monoisotopic (exact) mass is 378 g/mol. The van der Waals surface area contributed by atoms with E-state index in [1.165, 1.54) is 19.3 Å². The van der Waals surface area contributed by atoms with Gasteiger partial charge in [0.2, 0.25) is 0 Å². The van der Waals surface area contributed by atoms with Gasteiger partial charge in [0.1, 0.15) is 17.6 Å². The number of anilines is 1. The molecule has 1 aromatic heterocycles. The number of phenols is 1. The number of nitrogens with two attached hydrogens (primary N) is 1. The average molecular weight is 379 g/mol. The van der Waals surface area contributed by atoms with Crippen LogP contribution in [0.4, 0.5) is 5.82 Å². The van der Waals surface area contributed by atoms with Crippen LogP contribution in [0, 0.1) is 11.3 Å². The zero-order chi connectivity index (χ0) is 19.9. The third-order valence-electron chi connectivity index (χ3n) is 5.65. The molecule has 1 aromatic carbocycles. The van der Waals surface area contributed by atoms with E-state index in [1.807, 2.05) is 12.1 Å². The molecule has 2 aromatic rings. The second kappa shape index (κ2) is 9.57. The van der Waals surface area contributed by atoms with E-state index in [4.69, 9.17) is 5.73 Å². The average Bonchev–Trinajstić information content (AvgIpc) is 2.71. The van der Waals surface area contributed by atoms with E-state index >= 15 is 0 Å². The number of benzene rings is 1. The van der Waals surface area contributed by atoms with Gasteiger partial charge in [0.05, 0.1) is 11.3 Å². The molecule has 0 atom stereocenters. The molecule has 1 saturated heterocycles. The number of piperidine rings is 1. The fraction of sp³-hybridized carbons (Fsp3) is 0.478. The molecule has 0 saturated carbocycles. The van der Waals surface area contributed by atoms with Gasteiger partial charge in [-0.05, 0) is 68.0 Å². The number of pyridine rings is 1. The van der Waals surface area contributed by atoms with Gasteiger partial charge in [-0.25, -0.2) is 4.98 Å². The van der Waals surface area contributed by atoms with Gasteiger partial charge in [-0.3, -0.25) is 0 Å². The molecule has 0 spiro atoms. The first-order chi connectivity index (χ1) is 13.7. The van der Waals surface area contributed by atoms with Gasteiger partial charge < -0.3 is 16.2 Å². The molecule has 148 valence electrons. The molecule has 0 bridgehead atoms. The van der Waals surface area contributed by atoms with E-state index in [0.717, 1.165) is 55.5 Å². The largest absolute Gasteiger partial charge is 0.507 e. The van der Waals surface area contributed by atoms with Crippen molar-refractivity contribution in [2.24, 2.45) is 0 Å². The third kappa shape index (κ3) is 4.45. The highest BCUT2D eigenvalue weighted by Gasteiger charge is 2.23. The lowest BCUT2D eigenvalue weighted by atomic mass is 9.86. The first-order valence-corrected chi connectivity index (χ1v) is 10.4. The summed E-state index contributed by atoms with van der Waals surface area (Å²) >= 11 is 0. The molecule has 0 amide bonds. The number of aryl methyl sites for hydroxylation is 1. The van der Waals surface area contributed by atoms with Gasteiger partial charge in [0.25, 0.3) is 0 Å². The predicted molar refractivity (Wildman–Crippen MR) is 113 cm³/mol. The van der Waals surface area contributed by atoms with Crippen LogP contribution in [-0.2, 0) is 6.42 Å². The van der Waals surface area contributed by atoms with Crippen molar-refractivity contribution < 1.29 is 5.11 Å². The van der Waals surface area contributed by atoms with Crippen LogP contribution >= 0.6 is 0 Å². The first-order valence-electron chi connectivity index (χ1n) is 10.4. The molecule has 0 radical (unpaired) electrons. The number of phenolic OH excluding ortho intramolecular Hbond substituents is 1. The van der Waals surface area contributed by atoms with Crippen LogP contribution < -0.4 is 11.1 Å². The lowest BCUT2D eigenvalue weighted by Gasteiger charge is -2.25. The van der Waals surface area contributed by atoms with E-state index in [2.05, 4.69) is 29.4 Å². The Morgan fingerprint density at radius 2 is 2.04 bits per heavy atom. The summed E-state index contributed by atoms with van der Waals surface area (Å²) in [5, 5.41) is 23.6. The summed E-state index contributed by atoms with van der Waals surface area (Å²) in [7, 11) is 0. The fourth-order valence-corrected chi connectivity index (χ4v) is 4.12.